The zero-order chi connectivity index (χ0) is 15.0. The van der Waals surface area contributed by atoms with Gasteiger partial charge in [0.2, 0.25) is 5.95 Å². The van der Waals surface area contributed by atoms with Crippen LogP contribution < -0.4 is 10.6 Å². The van der Waals surface area contributed by atoms with Crippen molar-refractivity contribution in [2.45, 2.75) is 6.92 Å². The monoisotopic (exact) mass is 302 g/mol. The summed E-state index contributed by atoms with van der Waals surface area (Å²) in [5.41, 5.74) is 2.76. The lowest BCUT2D eigenvalue weighted by Crippen LogP contribution is -2.03. The molecule has 3 rings (SSSR count). The van der Waals surface area contributed by atoms with Crippen molar-refractivity contribution in [3.05, 3.63) is 35.0 Å². The van der Waals surface area contributed by atoms with Gasteiger partial charge in [-0.3, -0.25) is 4.68 Å². The summed E-state index contributed by atoms with van der Waals surface area (Å²) in [7, 11) is 3.64. The minimum atomic E-state index is 0.542. The van der Waals surface area contributed by atoms with Crippen LogP contribution in [0.4, 0.5) is 17.5 Å². The Labute approximate surface area is 127 Å². The van der Waals surface area contributed by atoms with Gasteiger partial charge in [0.25, 0.3) is 0 Å². The van der Waals surface area contributed by atoms with Crippen molar-refractivity contribution in [2.75, 3.05) is 17.7 Å². The van der Waals surface area contributed by atoms with Crippen LogP contribution in [0.1, 0.15) is 5.56 Å². The van der Waals surface area contributed by atoms with E-state index in [2.05, 4.69) is 25.7 Å². The lowest BCUT2D eigenvalue weighted by Gasteiger charge is -2.11. The maximum atomic E-state index is 5.99. The van der Waals surface area contributed by atoms with Gasteiger partial charge in [-0.05, 0) is 30.7 Å². The SMILES string of the molecule is CNc1nc(Nc2ccc(Cl)cc2C)c2cnn(C)c2n1. The van der Waals surface area contributed by atoms with Crippen molar-refractivity contribution >= 4 is 40.1 Å². The summed E-state index contributed by atoms with van der Waals surface area (Å²) in [6, 6.07) is 5.68. The Hall–Kier alpha value is -2.34. The Morgan fingerprint density at radius 3 is 2.76 bits per heavy atom. The zero-order valence-electron chi connectivity index (χ0n) is 12.0. The highest BCUT2D eigenvalue weighted by molar-refractivity contribution is 6.30. The van der Waals surface area contributed by atoms with Crippen molar-refractivity contribution in [2.24, 2.45) is 7.05 Å². The Morgan fingerprint density at radius 1 is 1.24 bits per heavy atom. The van der Waals surface area contributed by atoms with Crippen LogP contribution in [-0.4, -0.2) is 26.8 Å². The molecular weight excluding hydrogens is 288 g/mol. The smallest absolute Gasteiger partial charge is 0.226 e. The number of halogens is 1. The number of nitrogens with zero attached hydrogens (tertiary/aromatic N) is 4. The molecule has 0 amide bonds. The molecular formula is C14H15ClN6. The molecule has 6 nitrogen and oxygen atoms in total. The third-order valence-corrected chi connectivity index (χ3v) is 3.49. The summed E-state index contributed by atoms with van der Waals surface area (Å²) in [5, 5.41) is 12.1. The van der Waals surface area contributed by atoms with Crippen LogP contribution in [0.5, 0.6) is 0 Å². The van der Waals surface area contributed by atoms with Crippen molar-refractivity contribution < 1.29 is 0 Å². The predicted molar refractivity (Wildman–Crippen MR) is 85.3 cm³/mol. The van der Waals surface area contributed by atoms with Crippen LogP contribution in [0.15, 0.2) is 24.4 Å². The standard InChI is InChI=1S/C14H15ClN6/c1-8-6-9(15)4-5-11(8)18-12-10-7-17-21(3)13(10)20-14(16-2)19-12/h4-7H,1-3H3,(H2,16,18,19,20). The van der Waals surface area contributed by atoms with E-state index in [0.29, 0.717) is 16.8 Å². The molecule has 0 spiro atoms. The lowest BCUT2D eigenvalue weighted by atomic mass is 10.2. The number of aromatic nitrogens is 4. The van der Waals surface area contributed by atoms with Gasteiger partial charge in [0.05, 0.1) is 11.6 Å². The van der Waals surface area contributed by atoms with Crippen LogP contribution >= 0.6 is 11.6 Å². The number of nitrogens with one attached hydrogen (secondary N) is 2. The molecule has 0 saturated carbocycles. The second-order valence-corrected chi connectivity index (χ2v) is 5.17. The van der Waals surface area contributed by atoms with Crippen molar-refractivity contribution in [3.8, 4) is 0 Å². The zero-order valence-corrected chi connectivity index (χ0v) is 12.7. The van der Waals surface area contributed by atoms with E-state index in [1.807, 2.05) is 32.2 Å². The summed E-state index contributed by atoms with van der Waals surface area (Å²) in [6.07, 6.45) is 1.75. The largest absolute Gasteiger partial charge is 0.357 e. The van der Waals surface area contributed by atoms with Crippen LogP contribution in [0, 0.1) is 6.92 Å². The van der Waals surface area contributed by atoms with Crippen LogP contribution in [0.25, 0.3) is 11.0 Å². The van der Waals surface area contributed by atoms with Crippen LogP contribution in [0.2, 0.25) is 5.02 Å². The second-order valence-electron chi connectivity index (χ2n) is 4.74. The average Bonchev–Trinajstić information content (AvgIpc) is 2.83. The minimum Gasteiger partial charge on any atom is -0.357 e. The van der Waals surface area contributed by atoms with E-state index >= 15 is 0 Å². The van der Waals surface area contributed by atoms with E-state index in [-0.39, 0.29) is 0 Å². The molecule has 2 aromatic heterocycles. The van der Waals surface area contributed by atoms with Gasteiger partial charge in [-0.1, -0.05) is 11.6 Å². The van der Waals surface area contributed by atoms with Gasteiger partial charge in [-0.2, -0.15) is 15.1 Å². The quantitative estimate of drug-likeness (QED) is 0.778. The molecule has 0 aliphatic rings. The fourth-order valence-corrected chi connectivity index (χ4v) is 2.35. The number of fused-ring (bicyclic) bond motifs is 1. The minimum absolute atomic E-state index is 0.542. The normalized spacial score (nSPS) is 10.9. The van der Waals surface area contributed by atoms with Crippen molar-refractivity contribution in [3.63, 3.8) is 0 Å². The van der Waals surface area contributed by atoms with E-state index in [0.717, 1.165) is 22.3 Å². The molecule has 3 aromatic rings. The van der Waals surface area contributed by atoms with Crippen LogP contribution in [-0.2, 0) is 7.05 Å². The second kappa shape index (κ2) is 5.21. The van der Waals surface area contributed by atoms with Gasteiger partial charge >= 0.3 is 0 Å². The third kappa shape index (κ3) is 2.50. The molecule has 0 radical (unpaired) electrons. The van der Waals surface area contributed by atoms with Gasteiger partial charge in [0.1, 0.15) is 5.82 Å². The first-order valence-electron chi connectivity index (χ1n) is 6.49. The Balaban J connectivity index is 2.11. The number of hydrogen-bond acceptors (Lipinski definition) is 5. The average molecular weight is 303 g/mol. The molecule has 21 heavy (non-hydrogen) atoms. The molecule has 2 N–H and O–H groups in total. The molecule has 0 aliphatic carbocycles. The first-order chi connectivity index (χ1) is 10.1. The summed E-state index contributed by atoms with van der Waals surface area (Å²) in [5.74, 6) is 1.25. The summed E-state index contributed by atoms with van der Waals surface area (Å²) in [4.78, 5) is 8.88. The number of hydrogen-bond donors (Lipinski definition) is 2. The van der Waals surface area contributed by atoms with Crippen molar-refractivity contribution in [1.82, 2.24) is 19.7 Å². The Kier molecular flexibility index (Phi) is 3.39. The fraction of sp³-hybridized carbons (Fsp3) is 0.214. The van der Waals surface area contributed by atoms with E-state index in [4.69, 9.17) is 11.6 Å². The summed E-state index contributed by atoms with van der Waals surface area (Å²) < 4.78 is 1.72. The Morgan fingerprint density at radius 2 is 2.05 bits per heavy atom. The summed E-state index contributed by atoms with van der Waals surface area (Å²) in [6.45, 7) is 1.99. The molecule has 0 unspecified atom stereocenters. The molecule has 0 atom stereocenters. The maximum Gasteiger partial charge on any atom is 0.226 e. The predicted octanol–water partition coefficient (Wildman–Crippen LogP) is 3.11. The Bertz CT molecular complexity index is 811. The maximum absolute atomic E-state index is 5.99. The highest BCUT2D eigenvalue weighted by atomic mass is 35.5. The van der Waals surface area contributed by atoms with E-state index < -0.39 is 0 Å². The highest BCUT2D eigenvalue weighted by Crippen LogP contribution is 2.27. The number of anilines is 3. The molecule has 2 heterocycles. The van der Waals surface area contributed by atoms with Gasteiger partial charge in [-0.25, -0.2) is 0 Å². The van der Waals surface area contributed by atoms with Gasteiger partial charge in [-0.15, -0.1) is 0 Å². The first-order valence-corrected chi connectivity index (χ1v) is 6.87. The third-order valence-electron chi connectivity index (χ3n) is 3.26. The summed E-state index contributed by atoms with van der Waals surface area (Å²) >= 11 is 5.99. The van der Waals surface area contributed by atoms with Gasteiger partial charge in [0, 0.05) is 24.8 Å². The highest BCUT2D eigenvalue weighted by Gasteiger charge is 2.12. The van der Waals surface area contributed by atoms with E-state index in [9.17, 15) is 0 Å². The molecule has 0 saturated heterocycles. The van der Waals surface area contributed by atoms with Gasteiger partial charge in [0.15, 0.2) is 5.65 Å². The number of benzene rings is 1. The molecule has 0 aliphatic heterocycles. The van der Waals surface area contributed by atoms with E-state index in [1.165, 1.54) is 0 Å². The topological polar surface area (TPSA) is 67.7 Å². The first kappa shape index (κ1) is 13.6. The molecule has 7 heteroatoms. The molecule has 1 aromatic carbocycles. The molecule has 0 fully saturated rings. The van der Waals surface area contributed by atoms with E-state index in [1.54, 1.807) is 17.9 Å². The lowest BCUT2D eigenvalue weighted by molar-refractivity contribution is 0.786. The molecule has 0 bridgehead atoms. The number of rotatable bonds is 3. The van der Waals surface area contributed by atoms with Crippen LogP contribution in [0.3, 0.4) is 0 Å². The van der Waals surface area contributed by atoms with Gasteiger partial charge < -0.3 is 10.6 Å². The fourth-order valence-electron chi connectivity index (χ4n) is 2.12. The molecule has 108 valence electrons. The number of aryl methyl sites for hydroxylation is 2. The van der Waals surface area contributed by atoms with Crippen molar-refractivity contribution in [1.29, 1.82) is 0 Å².